The molecule has 0 fully saturated rings. The van der Waals surface area contributed by atoms with Crippen molar-refractivity contribution in [1.82, 2.24) is 5.27 Å². The molecule has 0 aliphatic heterocycles. The number of benzene rings is 2. The molecule has 37 heavy (non-hydrogen) atoms. The smallest absolute Gasteiger partial charge is 0.442 e. The first-order valence-electron chi connectivity index (χ1n) is 11.0. The van der Waals surface area contributed by atoms with Gasteiger partial charge in [-0.2, -0.15) is 5.26 Å². The van der Waals surface area contributed by atoms with E-state index in [-0.39, 0.29) is 34.6 Å². The number of nitrogens with one attached hydrogen (secondary N) is 3. The van der Waals surface area contributed by atoms with Crippen LogP contribution in [0.25, 0.3) is 5.69 Å². The molecule has 0 saturated heterocycles. The summed E-state index contributed by atoms with van der Waals surface area (Å²) < 4.78 is 11.6. The van der Waals surface area contributed by atoms with Gasteiger partial charge in [0, 0.05) is 30.0 Å². The first-order valence-corrected chi connectivity index (χ1v) is 12.8. The monoisotopic (exact) mass is 536 g/mol. The van der Waals surface area contributed by atoms with Crippen LogP contribution >= 0.6 is 23.1 Å². The normalized spacial score (nSPS) is 10.5. The lowest BCUT2D eigenvalue weighted by molar-refractivity contribution is -0.704. The quantitative estimate of drug-likeness (QED) is 0.218. The summed E-state index contributed by atoms with van der Waals surface area (Å²) in [5.41, 5.74) is 1.47. The fourth-order valence-corrected chi connectivity index (χ4v) is 5.36. The van der Waals surface area contributed by atoms with E-state index >= 15 is 0 Å². The van der Waals surface area contributed by atoms with Crippen LogP contribution in [0.4, 0.5) is 10.7 Å². The van der Waals surface area contributed by atoms with Gasteiger partial charge in [0.05, 0.1) is 17.6 Å². The van der Waals surface area contributed by atoms with E-state index in [0.29, 0.717) is 32.6 Å². The SMILES string of the molecule is COc1ccc(-[n+]2[nH]oc(=O)c2SCCC(=O)Nc2sc(C(=O)Nc3ccccc3)c(C)c2C#N)cc1. The molecule has 12 heteroatoms. The minimum Gasteiger partial charge on any atom is -0.497 e. The second kappa shape index (κ2) is 11.6. The van der Waals surface area contributed by atoms with Crippen molar-refractivity contribution < 1.29 is 23.5 Å². The molecule has 2 heterocycles. The zero-order chi connectivity index (χ0) is 26.4. The molecule has 0 spiro atoms. The van der Waals surface area contributed by atoms with E-state index in [1.165, 1.54) is 4.68 Å². The number of amides is 2. The molecule has 2 aromatic heterocycles. The number of aromatic nitrogens is 2. The van der Waals surface area contributed by atoms with Crippen LogP contribution in [0.5, 0.6) is 5.75 Å². The number of thioether (sulfide) groups is 1. The van der Waals surface area contributed by atoms with Crippen molar-refractivity contribution in [2.45, 2.75) is 18.4 Å². The third-order valence-corrected chi connectivity index (χ3v) is 7.49. The van der Waals surface area contributed by atoms with Crippen LogP contribution in [0, 0.1) is 18.3 Å². The van der Waals surface area contributed by atoms with E-state index in [4.69, 9.17) is 9.26 Å². The van der Waals surface area contributed by atoms with E-state index < -0.39 is 5.63 Å². The summed E-state index contributed by atoms with van der Waals surface area (Å²) in [6, 6.07) is 18.1. The molecule has 4 rings (SSSR count). The molecule has 2 amide bonds. The van der Waals surface area contributed by atoms with Crippen molar-refractivity contribution in [2.75, 3.05) is 23.5 Å². The number of aromatic amines is 1. The Balaban J connectivity index is 1.40. The molecule has 0 saturated carbocycles. The highest BCUT2D eigenvalue weighted by Crippen LogP contribution is 2.33. The Hall–Kier alpha value is -4.34. The van der Waals surface area contributed by atoms with E-state index in [9.17, 15) is 19.6 Å². The molecule has 0 bridgehead atoms. The maximum atomic E-state index is 12.7. The van der Waals surface area contributed by atoms with Crippen molar-refractivity contribution in [2.24, 2.45) is 0 Å². The van der Waals surface area contributed by atoms with Crippen molar-refractivity contribution in [1.29, 1.82) is 5.26 Å². The van der Waals surface area contributed by atoms with Gasteiger partial charge in [0.1, 0.15) is 16.8 Å². The largest absolute Gasteiger partial charge is 0.497 e. The summed E-state index contributed by atoms with van der Waals surface area (Å²) in [5, 5.41) is 18.3. The van der Waals surface area contributed by atoms with Crippen molar-refractivity contribution >= 4 is 45.6 Å². The lowest BCUT2D eigenvalue weighted by Crippen LogP contribution is -2.36. The number of carbonyl (C=O) groups is 2. The zero-order valence-corrected chi connectivity index (χ0v) is 21.5. The van der Waals surface area contributed by atoms with Gasteiger partial charge in [0.2, 0.25) is 11.6 Å². The molecule has 188 valence electrons. The third kappa shape index (κ3) is 5.91. The second-order valence-electron chi connectivity index (χ2n) is 7.66. The molecule has 2 aromatic carbocycles. The highest BCUT2D eigenvalue weighted by atomic mass is 32.2. The molecule has 0 aliphatic carbocycles. The fraction of sp³-hybridized carbons (Fsp3) is 0.160. The Bertz CT molecular complexity index is 1520. The number of nitriles is 1. The van der Waals surface area contributed by atoms with E-state index in [0.717, 1.165) is 23.1 Å². The molecule has 10 nitrogen and oxygen atoms in total. The standard InChI is InChI=1S/C25H21N5O5S2/c1-15-19(14-26)23(37-21(15)22(32)27-16-6-4-3-5-7-16)28-20(31)12-13-36-24-25(33)35-29-30(24)17-8-10-18(34-2)11-9-17/h3-11H,12-13H2,1-2H3,(H2-,27,28,29,31,32,33)/p+1. The van der Waals surface area contributed by atoms with Crippen LogP contribution in [0.1, 0.15) is 27.2 Å². The number of ether oxygens (including phenoxy) is 1. The Morgan fingerprint density at radius 1 is 1.16 bits per heavy atom. The first kappa shape index (κ1) is 25.7. The summed E-state index contributed by atoms with van der Waals surface area (Å²) in [6.45, 7) is 1.67. The Morgan fingerprint density at radius 3 is 2.57 bits per heavy atom. The Morgan fingerprint density at radius 2 is 1.89 bits per heavy atom. The summed E-state index contributed by atoms with van der Waals surface area (Å²) in [7, 11) is 1.56. The number of anilines is 2. The first-order chi connectivity index (χ1) is 17.9. The number of hydrogen-bond acceptors (Lipinski definition) is 8. The van der Waals surface area contributed by atoms with Gasteiger partial charge < -0.3 is 15.4 Å². The molecule has 0 unspecified atom stereocenters. The average molecular weight is 537 g/mol. The lowest BCUT2D eigenvalue weighted by atomic mass is 10.1. The lowest BCUT2D eigenvalue weighted by Gasteiger charge is -2.03. The molecule has 4 aromatic rings. The third-order valence-electron chi connectivity index (χ3n) is 5.26. The Labute approximate surface area is 219 Å². The number of rotatable bonds is 9. The van der Waals surface area contributed by atoms with Gasteiger partial charge in [-0.05, 0) is 58.5 Å². The number of methoxy groups -OCH3 is 1. The number of nitrogens with zero attached hydrogens (tertiary/aromatic N) is 2. The summed E-state index contributed by atoms with van der Waals surface area (Å²) >= 11 is 2.20. The maximum Gasteiger partial charge on any atom is 0.442 e. The van der Waals surface area contributed by atoms with Gasteiger partial charge in [-0.1, -0.05) is 18.2 Å². The number of thiophene rings is 1. The molecular formula is C25H22N5O5S2+. The van der Waals surface area contributed by atoms with Crippen LogP contribution in [0.3, 0.4) is 0 Å². The number of carbonyl (C=O) groups excluding carboxylic acids is 2. The average Bonchev–Trinajstić information content (AvgIpc) is 3.43. The van der Waals surface area contributed by atoms with Crippen LogP contribution in [0.2, 0.25) is 0 Å². The van der Waals surface area contributed by atoms with E-state index in [1.54, 1.807) is 62.6 Å². The second-order valence-corrected chi connectivity index (χ2v) is 9.76. The number of H-pyrrole nitrogens is 1. The minimum absolute atomic E-state index is 0.0608. The molecule has 3 N–H and O–H groups in total. The number of hydrogen-bond donors (Lipinski definition) is 3. The van der Waals surface area contributed by atoms with Gasteiger partial charge in [0.25, 0.3) is 5.91 Å². The van der Waals surface area contributed by atoms with Crippen molar-refractivity contribution in [3.8, 4) is 17.5 Å². The minimum atomic E-state index is -0.559. The molecular weight excluding hydrogens is 514 g/mol. The van der Waals surface area contributed by atoms with E-state index in [1.807, 2.05) is 6.07 Å². The maximum absolute atomic E-state index is 12.7. The van der Waals surface area contributed by atoms with Crippen molar-refractivity contribution in [3.05, 3.63) is 81.0 Å². The van der Waals surface area contributed by atoms with Crippen LogP contribution in [-0.2, 0) is 4.79 Å². The molecule has 0 radical (unpaired) electrons. The van der Waals surface area contributed by atoms with Crippen LogP contribution in [-0.4, -0.2) is 29.9 Å². The van der Waals surface area contributed by atoms with Gasteiger partial charge in [-0.15, -0.1) is 11.3 Å². The van der Waals surface area contributed by atoms with Crippen LogP contribution in [0.15, 0.2) is 68.9 Å². The van der Waals surface area contributed by atoms with Gasteiger partial charge in [0.15, 0.2) is 0 Å². The zero-order valence-electron chi connectivity index (χ0n) is 19.9. The summed E-state index contributed by atoms with van der Waals surface area (Å²) in [4.78, 5) is 37.9. The van der Waals surface area contributed by atoms with Crippen LogP contribution < -0.4 is 25.7 Å². The topological polar surface area (TPSA) is 141 Å². The fourth-order valence-electron chi connectivity index (χ4n) is 3.38. The van der Waals surface area contributed by atoms with Gasteiger partial charge in [-0.25, -0.2) is 4.79 Å². The van der Waals surface area contributed by atoms with E-state index in [2.05, 4.69) is 22.0 Å². The summed E-state index contributed by atoms with van der Waals surface area (Å²) in [6.07, 6.45) is 0.0608. The summed E-state index contributed by atoms with van der Waals surface area (Å²) in [5.74, 6) is 0.236. The number of para-hydroxylation sites is 1. The predicted molar refractivity (Wildman–Crippen MR) is 140 cm³/mol. The van der Waals surface area contributed by atoms with Gasteiger partial charge >= 0.3 is 10.7 Å². The predicted octanol–water partition coefficient (Wildman–Crippen LogP) is 3.87. The molecule has 0 aliphatic rings. The Kier molecular flexibility index (Phi) is 8.07. The molecule has 0 atom stereocenters. The van der Waals surface area contributed by atoms with Crippen molar-refractivity contribution in [3.63, 3.8) is 0 Å². The highest BCUT2D eigenvalue weighted by molar-refractivity contribution is 7.99. The highest BCUT2D eigenvalue weighted by Gasteiger charge is 2.25. The van der Waals surface area contributed by atoms with Gasteiger partial charge in [-0.3, -0.25) is 14.1 Å².